The van der Waals surface area contributed by atoms with Gasteiger partial charge in [0.2, 0.25) is 0 Å². The molecule has 5 heteroatoms. The normalized spacial score (nSPS) is 12.6. The second-order valence-corrected chi connectivity index (χ2v) is 6.39. The van der Waals surface area contributed by atoms with Crippen molar-refractivity contribution >= 4 is 23.1 Å². The number of fused-ring (bicyclic) bond motifs is 1. The minimum absolute atomic E-state index is 0.378. The molecule has 1 atom stereocenters. The first kappa shape index (κ1) is 15.8. The quantitative estimate of drug-likeness (QED) is 0.742. The first-order valence-electron chi connectivity index (χ1n) is 7.89. The summed E-state index contributed by atoms with van der Waals surface area (Å²) in [7, 11) is 0. The molecule has 1 N–H and O–H groups in total. The molecule has 0 spiro atoms. The maximum absolute atomic E-state index is 5.99. The molecule has 0 aliphatic rings. The lowest BCUT2D eigenvalue weighted by Crippen LogP contribution is -2.16. The van der Waals surface area contributed by atoms with E-state index in [4.69, 9.17) is 16.7 Å². The number of aromatic nitrogens is 3. The van der Waals surface area contributed by atoms with Crippen molar-refractivity contribution in [1.29, 1.82) is 0 Å². The van der Waals surface area contributed by atoms with Crippen LogP contribution in [0.4, 0.5) is 5.82 Å². The zero-order chi connectivity index (χ0) is 16.6. The van der Waals surface area contributed by atoms with Crippen molar-refractivity contribution in [3.63, 3.8) is 0 Å². The maximum atomic E-state index is 5.99. The molecule has 0 amide bonds. The average molecular weight is 329 g/mol. The second-order valence-electron chi connectivity index (χ2n) is 5.95. The van der Waals surface area contributed by atoms with Crippen LogP contribution in [0.2, 0.25) is 5.02 Å². The maximum Gasteiger partial charge on any atom is 0.161 e. The van der Waals surface area contributed by atoms with Gasteiger partial charge in [-0.05, 0) is 39.3 Å². The number of rotatable bonds is 4. The van der Waals surface area contributed by atoms with Gasteiger partial charge in [0.15, 0.2) is 5.65 Å². The van der Waals surface area contributed by atoms with Gasteiger partial charge in [0, 0.05) is 34.0 Å². The molecule has 0 bridgehead atoms. The van der Waals surface area contributed by atoms with Crippen LogP contribution in [0.1, 0.15) is 31.5 Å². The van der Waals surface area contributed by atoms with Crippen LogP contribution < -0.4 is 5.32 Å². The van der Waals surface area contributed by atoms with E-state index in [1.54, 1.807) is 0 Å². The third-order valence-electron chi connectivity index (χ3n) is 4.07. The molecule has 120 valence electrons. The van der Waals surface area contributed by atoms with E-state index < -0.39 is 0 Å². The van der Waals surface area contributed by atoms with Gasteiger partial charge >= 0.3 is 0 Å². The molecular formula is C18H21ClN4. The molecule has 0 saturated carbocycles. The van der Waals surface area contributed by atoms with Crippen LogP contribution in [0.15, 0.2) is 30.3 Å². The van der Waals surface area contributed by atoms with Gasteiger partial charge in [-0.25, -0.2) is 4.98 Å². The van der Waals surface area contributed by atoms with Crippen molar-refractivity contribution in [3.8, 4) is 11.3 Å². The van der Waals surface area contributed by atoms with E-state index in [1.165, 1.54) is 0 Å². The third kappa shape index (κ3) is 3.04. The summed E-state index contributed by atoms with van der Waals surface area (Å²) in [5.41, 5.74) is 4.93. The molecule has 2 heterocycles. The number of halogens is 1. The van der Waals surface area contributed by atoms with Gasteiger partial charge in [-0.1, -0.05) is 30.7 Å². The highest BCUT2D eigenvalue weighted by Crippen LogP contribution is 2.28. The Kier molecular flexibility index (Phi) is 4.26. The highest BCUT2D eigenvalue weighted by molar-refractivity contribution is 6.30. The van der Waals surface area contributed by atoms with Crippen LogP contribution in [0.3, 0.4) is 0 Å². The number of benzene rings is 1. The Morgan fingerprint density at radius 1 is 1.22 bits per heavy atom. The van der Waals surface area contributed by atoms with E-state index in [1.807, 2.05) is 41.8 Å². The fourth-order valence-corrected chi connectivity index (χ4v) is 2.71. The Morgan fingerprint density at radius 3 is 2.57 bits per heavy atom. The fourth-order valence-electron chi connectivity index (χ4n) is 2.58. The van der Waals surface area contributed by atoms with E-state index >= 15 is 0 Å². The van der Waals surface area contributed by atoms with Gasteiger partial charge in [-0.15, -0.1) is 0 Å². The molecule has 0 aliphatic carbocycles. The summed E-state index contributed by atoms with van der Waals surface area (Å²) in [4.78, 5) is 4.67. The van der Waals surface area contributed by atoms with Crippen molar-refractivity contribution in [1.82, 2.24) is 14.6 Å². The summed E-state index contributed by atoms with van der Waals surface area (Å²) in [6, 6.07) is 10.2. The van der Waals surface area contributed by atoms with Gasteiger partial charge in [0.25, 0.3) is 0 Å². The van der Waals surface area contributed by atoms with Crippen LogP contribution in [-0.2, 0) is 0 Å². The highest BCUT2D eigenvalue weighted by atomic mass is 35.5. The first-order valence-corrected chi connectivity index (χ1v) is 8.27. The van der Waals surface area contributed by atoms with Crippen molar-refractivity contribution < 1.29 is 0 Å². The standard InChI is InChI=1S/C18H21ClN4/c1-5-11(2)20-16-10-12(3)21-18-13(4)17(22-23(16)18)14-6-8-15(19)9-7-14/h6-11,20H,5H2,1-4H3. The molecule has 0 aliphatic heterocycles. The molecule has 0 radical (unpaired) electrons. The number of hydrogen-bond acceptors (Lipinski definition) is 3. The second kappa shape index (κ2) is 6.20. The molecule has 3 rings (SSSR count). The lowest BCUT2D eigenvalue weighted by molar-refractivity contribution is 0.748. The summed E-state index contributed by atoms with van der Waals surface area (Å²) in [6.07, 6.45) is 1.05. The number of aryl methyl sites for hydroxylation is 2. The highest BCUT2D eigenvalue weighted by Gasteiger charge is 2.15. The summed E-state index contributed by atoms with van der Waals surface area (Å²) < 4.78 is 1.90. The first-order chi connectivity index (χ1) is 11.0. The van der Waals surface area contributed by atoms with Crippen LogP contribution in [0, 0.1) is 13.8 Å². The summed E-state index contributed by atoms with van der Waals surface area (Å²) in [5.74, 6) is 0.977. The SMILES string of the molecule is CCC(C)Nc1cc(C)nc2c(C)c(-c3ccc(Cl)cc3)nn12. The molecule has 23 heavy (non-hydrogen) atoms. The smallest absolute Gasteiger partial charge is 0.161 e. The molecule has 0 saturated heterocycles. The van der Waals surface area contributed by atoms with Crippen molar-refractivity contribution in [3.05, 3.63) is 46.6 Å². The minimum atomic E-state index is 0.378. The Labute approximate surface area is 141 Å². The molecular weight excluding hydrogens is 308 g/mol. The van der Waals surface area contributed by atoms with E-state index in [0.717, 1.165) is 45.4 Å². The number of hydrogen-bond donors (Lipinski definition) is 1. The van der Waals surface area contributed by atoms with E-state index in [0.29, 0.717) is 6.04 Å². The molecule has 4 nitrogen and oxygen atoms in total. The molecule has 1 aromatic carbocycles. The van der Waals surface area contributed by atoms with E-state index in [2.05, 4.69) is 31.1 Å². The zero-order valence-electron chi connectivity index (χ0n) is 13.9. The van der Waals surface area contributed by atoms with Gasteiger partial charge in [-0.3, -0.25) is 0 Å². The molecule has 3 aromatic rings. The van der Waals surface area contributed by atoms with Crippen molar-refractivity contribution in [2.24, 2.45) is 0 Å². The Balaban J connectivity index is 2.17. The zero-order valence-corrected chi connectivity index (χ0v) is 14.6. The van der Waals surface area contributed by atoms with E-state index in [9.17, 15) is 0 Å². The summed E-state index contributed by atoms with van der Waals surface area (Å²) in [5, 5.41) is 9.03. The number of nitrogens with one attached hydrogen (secondary N) is 1. The van der Waals surface area contributed by atoms with Crippen LogP contribution in [0.25, 0.3) is 16.9 Å². The Hall–Kier alpha value is -2.07. The average Bonchev–Trinajstić information content (AvgIpc) is 2.85. The predicted octanol–water partition coefficient (Wildman–Crippen LogP) is 4.88. The van der Waals surface area contributed by atoms with Crippen molar-refractivity contribution in [2.75, 3.05) is 5.32 Å². The van der Waals surface area contributed by atoms with Gasteiger partial charge < -0.3 is 5.32 Å². The van der Waals surface area contributed by atoms with Gasteiger partial charge in [0.05, 0.1) is 5.69 Å². The fraction of sp³-hybridized carbons (Fsp3) is 0.333. The summed E-state index contributed by atoms with van der Waals surface area (Å²) >= 11 is 5.99. The van der Waals surface area contributed by atoms with E-state index in [-0.39, 0.29) is 0 Å². The number of nitrogens with zero attached hydrogens (tertiary/aromatic N) is 3. The molecule has 2 aromatic heterocycles. The van der Waals surface area contributed by atoms with Crippen molar-refractivity contribution in [2.45, 2.75) is 40.2 Å². The predicted molar refractivity (Wildman–Crippen MR) is 96.3 cm³/mol. The third-order valence-corrected chi connectivity index (χ3v) is 4.32. The lowest BCUT2D eigenvalue weighted by atomic mass is 10.1. The lowest BCUT2D eigenvalue weighted by Gasteiger charge is -2.14. The van der Waals surface area contributed by atoms with Crippen LogP contribution in [-0.4, -0.2) is 20.6 Å². The van der Waals surface area contributed by atoms with Gasteiger partial charge in [0.1, 0.15) is 5.82 Å². The number of anilines is 1. The van der Waals surface area contributed by atoms with Crippen LogP contribution >= 0.6 is 11.6 Å². The van der Waals surface area contributed by atoms with Crippen LogP contribution in [0.5, 0.6) is 0 Å². The largest absolute Gasteiger partial charge is 0.367 e. The van der Waals surface area contributed by atoms with Gasteiger partial charge in [-0.2, -0.15) is 9.61 Å². The topological polar surface area (TPSA) is 42.2 Å². The molecule has 1 unspecified atom stereocenters. The monoisotopic (exact) mass is 328 g/mol. The molecule has 0 fully saturated rings. The minimum Gasteiger partial charge on any atom is -0.367 e. The summed E-state index contributed by atoms with van der Waals surface area (Å²) in [6.45, 7) is 8.40. The Morgan fingerprint density at radius 2 is 1.91 bits per heavy atom. The Bertz CT molecular complexity index is 836.